The molecule has 5 saturated carbocycles. The van der Waals surface area contributed by atoms with Gasteiger partial charge in [0.2, 0.25) is 0 Å². The zero-order chi connectivity index (χ0) is 25.4. The van der Waals surface area contributed by atoms with Crippen molar-refractivity contribution in [3.8, 4) is 0 Å². The Balaban J connectivity index is 1.33. The lowest BCUT2D eigenvalue weighted by Crippen LogP contribution is -2.58. The predicted molar refractivity (Wildman–Crippen MR) is 126 cm³/mol. The van der Waals surface area contributed by atoms with Crippen LogP contribution in [0, 0.1) is 50.7 Å². The van der Waals surface area contributed by atoms with Crippen LogP contribution in [-0.2, 0) is 14.3 Å². The molecule has 5 aliphatic carbocycles. The molecule has 0 aromatic heterocycles. The second-order valence-electron chi connectivity index (χ2n) is 14.2. The van der Waals surface area contributed by atoms with Crippen LogP contribution in [0.3, 0.4) is 0 Å². The lowest BCUT2D eigenvalue weighted by Gasteiger charge is -2.63. The second-order valence-corrected chi connectivity index (χ2v) is 14.2. The molecule has 6 heteroatoms. The summed E-state index contributed by atoms with van der Waals surface area (Å²) in [4.78, 5) is 11.8. The largest absolute Gasteiger partial charge is 0.486 e. The molecule has 196 valence electrons. The molecule has 35 heavy (non-hydrogen) atoms. The van der Waals surface area contributed by atoms with Gasteiger partial charge < -0.3 is 9.47 Å². The first-order valence-electron chi connectivity index (χ1n) is 13.8. The molecular weight excluding hydrogens is 453 g/mol. The second kappa shape index (κ2) is 6.81. The van der Waals surface area contributed by atoms with Gasteiger partial charge in [0.05, 0.1) is 0 Å². The zero-order valence-corrected chi connectivity index (χ0v) is 22.1. The maximum absolute atomic E-state index is 13.6. The van der Waals surface area contributed by atoms with Crippen LogP contribution in [0.1, 0.15) is 92.9 Å². The standard InChI is InChI=1S/C29H41F3O3/c1-16-13-22(29(30,31)32)35-18-14-26(6)20-8-7-19-24(3,4)21(34-17(2)33)9-10-27(19)15-28(20,27)12-11-25(26,5)23(16)18/h13,16,18-21,23H,7-12,14-15H2,1-6H3/t16-,18?,19?,20?,21+,23?,25-,26+,27-,28+/m1/s1. The van der Waals surface area contributed by atoms with Crippen LogP contribution in [0.4, 0.5) is 13.2 Å². The van der Waals surface area contributed by atoms with Crippen molar-refractivity contribution in [1.29, 1.82) is 0 Å². The minimum Gasteiger partial charge on any atom is -0.486 e. The van der Waals surface area contributed by atoms with Crippen LogP contribution in [0.2, 0.25) is 0 Å². The van der Waals surface area contributed by atoms with E-state index in [0.717, 1.165) is 38.5 Å². The van der Waals surface area contributed by atoms with Gasteiger partial charge in [0.1, 0.15) is 12.2 Å². The molecule has 10 atom stereocenters. The van der Waals surface area contributed by atoms with E-state index in [0.29, 0.717) is 22.7 Å². The summed E-state index contributed by atoms with van der Waals surface area (Å²) >= 11 is 0. The number of fused-ring (bicyclic) bond motifs is 4. The Morgan fingerprint density at radius 1 is 1.00 bits per heavy atom. The Kier molecular flexibility index (Phi) is 4.70. The zero-order valence-electron chi connectivity index (χ0n) is 22.1. The molecule has 0 bridgehead atoms. The molecule has 6 aliphatic rings. The fraction of sp³-hybridized carbons (Fsp3) is 0.897. The van der Waals surface area contributed by atoms with Gasteiger partial charge in [0.15, 0.2) is 5.76 Å². The third-order valence-corrected chi connectivity index (χ3v) is 12.9. The van der Waals surface area contributed by atoms with Crippen LogP contribution in [-0.4, -0.2) is 24.4 Å². The average molecular weight is 495 g/mol. The number of hydrogen-bond donors (Lipinski definition) is 0. The normalized spacial score (nSPS) is 53.6. The first-order chi connectivity index (χ1) is 16.1. The van der Waals surface area contributed by atoms with Crippen LogP contribution in [0.25, 0.3) is 0 Å². The molecule has 0 aromatic carbocycles. The Morgan fingerprint density at radius 3 is 2.31 bits per heavy atom. The highest BCUT2D eigenvalue weighted by Gasteiger charge is 2.83. The van der Waals surface area contributed by atoms with Gasteiger partial charge in [0, 0.05) is 18.3 Å². The first-order valence-corrected chi connectivity index (χ1v) is 13.8. The van der Waals surface area contributed by atoms with E-state index in [4.69, 9.17) is 9.47 Å². The predicted octanol–water partition coefficient (Wildman–Crippen LogP) is 7.45. The van der Waals surface area contributed by atoms with Gasteiger partial charge in [-0.15, -0.1) is 0 Å². The number of hydrogen-bond acceptors (Lipinski definition) is 3. The monoisotopic (exact) mass is 494 g/mol. The molecule has 0 amide bonds. The van der Waals surface area contributed by atoms with E-state index >= 15 is 0 Å². The molecule has 0 saturated heterocycles. The van der Waals surface area contributed by atoms with Crippen molar-refractivity contribution in [2.24, 2.45) is 50.7 Å². The van der Waals surface area contributed by atoms with Crippen LogP contribution in [0.5, 0.6) is 0 Å². The van der Waals surface area contributed by atoms with Gasteiger partial charge >= 0.3 is 12.1 Å². The molecule has 2 spiro atoms. The highest BCUT2D eigenvalue weighted by Crippen LogP contribution is 2.89. The molecule has 4 unspecified atom stereocenters. The summed E-state index contributed by atoms with van der Waals surface area (Å²) in [5.74, 6) is 0.113. The number of halogens is 3. The van der Waals surface area contributed by atoms with Crippen molar-refractivity contribution in [3.63, 3.8) is 0 Å². The van der Waals surface area contributed by atoms with E-state index in [9.17, 15) is 18.0 Å². The van der Waals surface area contributed by atoms with Gasteiger partial charge in [-0.2, -0.15) is 13.2 Å². The maximum Gasteiger partial charge on any atom is 0.448 e. The quantitative estimate of drug-likeness (QED) is 0.355. The number of allylic oxidation sites excluding steroid dienone is 2. The number of alkyl halides is 3. The van der Waals surface area contributed by atoms with E-state index in [-0.39, 0.29) is 46.3 Å². The summed E-state index contributed by atoms with van der Waals surface area (Å²) in [5, 5.41) is 0. The fourth-order valence-electron chi connectivity index (χ4n) is 11.6. The Morgan fingerprint density at radius 2 is 1.66 bits per heavy atom. The maximum atomic E-state index is 13.6. The highest BCUT2D eigenvalue weighted by atomic mass is 19.4. The van der Waals surface area contributed by atoms with Crippen molar-refractivity contribution in [3.05, 3.63) is 11.8 Å². The van der Waals surface area contributed by atoms with E-state index in [1.807, 2.05) is 6.92 Å². The van der Waals surface area contributed by atoms with E-state index in [1.54, 1.807) is 0 Å². The van der Waals surface area contributed by atoms with Crippen molar-refractivity contribution in [1.82, 2.24) is 0 Å². The number of esters is 1. The van der Waals surface area contributed by atoms with Crippen LogP contribution in [0.15, 0.2) is 11.8 Å². The molecular formula is C29H41F3O3. The van der Waals surface area contributed by atoms with Gasteiger partial charge in [-0.25, -0.2) is 0 Å². The molecule has 1 aliphatic heterocycles. The topological polar surface area (TPSA) is 35.5 Å². The summed E-state index contributed by atoms with van der Waals surface area (Å²) < 4.78 is 52.4. The number of ether oxygens (including phenoxy) is 2. The smallest absolute Gasteiger partial charge is 0.448 e. The fourth-order valence-corrected chi connectivity index (χ4v) is 11.6. The number of carbonyl (C=O) groups is 1. The van der Waals surface area contributed by atoms with Gasteiger partial charge in [-0.1, -0.05) is 34.6 Å². The number of rotatable bonds is 1. The van der Waals surface area contributed by atoms with Gasteiger partial charge in [0.25, 0.3) is 0 Å². The summed E-state index contributed by atoms with van der Waals surface area (Å²) in [6, 6.07) is 0. The van der Waals surface area contributed by atoms with Crippen molar-refractivity contribution < 1.29 is 27.4 Å². The lowest BCUT2D eigenvalue weighted by atomic mass is 9.42. The van der Waals surface area contributed by atoms with Crippen molar-refractivity contribution in [2.45, 2.75) is 111 Å². The molecule has 0 N–H and O–H groups in total. The van der Waals surface area contributed by atoms with Crippen LogP contribution < -0.4 is 0 Å². The van der Waals surface area contributed by atoms with Gasteiger partial charge in [-0.3, -0.25) is 4.79 Å². The molecule has 3 nitrogen and oxygen atoms in total. The Bertz CT molecular complexity index is 986. The van der Waals surface area contributed by atoms with Crippen molar-refractivity contribution >= 4 is 5.97 Å². The lowest BCUT2D eigenvalue weighted by molar-refractivity contribution is -0.181. The molecule has 6 rings (SSSR count). The summed E-state index contributed by atoms with van der Waals surface area (Å²) in [7, 11) is 0. The summed E-state index contributed by atoms with van der Waals surface area (Å²) in [5.41, 5.74) is 0.513. The SMILES string of the molecule is CC(=O)O[C@H]1CC[C@]23C[C@]24CC[C@]2(C)C5C(C[C@@]2(C)C4CCC3C1(C)C)OC(C(F)(F)F)=C[C@H]5C. The third-order valence-electron chi connectivity index (χ3n) is 12.9. The third kappa shape index (κ3) is 2.78. The van der Waals surface area contributed by atoms with E-state index in [1.165, 1.54) is 25.8 Å². The first kappa shape index (κ1) is 24.2. The minimum atomic E-state index is -4.42. The Labute approximate surface area is 207 Å². The molecule has 0 aromatic rings. The molecule has 5 fully saturated rings. The highest BCUT2D eigenvalue weighted by molar-refractivity contribution is 5.66. The Hall–Kier alpha value is -1.20. The minimum absolute atomic E-state index is 0.0122. The van der Waals surface area contributed by atoms with Crippen LogP contribution >= 0.6 is 0 Å². The molecule has 0 radical (unpaired) electrons. The molecule has 1 heterocycles. The van der Waals surface area contributed by atoms with E-state index < -0.39 is 11.9 Å². The summed E-state index contributed by atoms with van der Waals surface area (Å²) in [6.45, 7) is 12.9. The average Bonchev–Trinajstić information content (AvgIpc) is 3.33. The van der Waals surface area contributed by atoms with Crippen molar-refractivity contribution in [2.75, 3.05) is 0 Å². The number of carbonyl (C=O) groups excluding carboxylic acids is 1. The van der Waals surface area contributed by atoms with E-state index in [2.05, 4.69) is 27.7 Å². The van der Waals surface area contributed by atoms with Gasteiger partial charge in [-0.05, 0) is 96.9 Å². The summed E-state index contributed by atoms with van der Waals surface area (Å²) in [6.07, 6.45) is 5.10.